The Morgan fingerprint density at radius 2 is 1.86 bits per heavy atom. The molecule has 2 aliphatic heterocycles. The quantitative estimate of drug-likeness (QED) is 0.864. The molecule has 4 heterocycles. The molecule has 0 aliphatic carbocycles. The van der Waals surface area contributed by atoms with E-state index in [4.69, 9.17) is 4.42 Å². The molecule has 28 heavy (non-hydrogen) atoms. The van der Waals surface area contributed by atoms with E-state index in [2.05, 4.69) is 20.2 Å². The zero-order valence-electron chi connectivity index (χ0n) is 15.8. The van der Waals surface area contributed by atoms with E-state index in [9.17, 15) is 9.59 Å². The van der Waals surface area contributed by atoms with Crippen LogP contribution < -0.4 is 10.2 Å². The van der Waals surface area contributed by atoms with Crippen molar-refractivity contribution in [2.45, 2.75) is 31.7 Å². The minimum absolute atomic E-state index is 0.0552. The highest BCUT2D eigenvalue weighted by Gasteiger charge is 2.30. The number of carbonyl (C=O) groups is 2. The van der Waals surface area contributed by atoms with E-state index in [0.29, 0.717) is 31.3 Å². The van der Waals surface area contributed by atoms with E-state index in [1.807, 2.05) is 0 Å². The molecule has 1 unspecified atom stereocenters. The van der Waals surface area contributed by atoms with Crippen LogP contribution >= 0.6 is 0 Å². The van der Waals surface area contributed by atoms with Gasteiger partial charge in [0, 0.05) is 44.6 Å². The first-order chi connectivity index (χ1) is 13.7. The van der Waals surface area contributed by atoms with E-state index in [1.165, 1.54) is 6.26 Å². The maximum absolute atomic E-state index is 12.8. The van der Waals surface area contributed by atoms with Crippen molar-refractivity contribution in [2.75, 3.05) is 31.1 Å². The number of likely N-dealkylation sites (tertiary alicyclic amines) is 1. The molecule has 8 heteroatoms. The molecule has 0 radical (unpaired) electrons. The number of amides is 2. The summed E-state index contributed by atoms with van der Waals surface area (Å²) in [7, 11) is 0. The normalized spacial score (nSPS) is 20.8. The Bertz CT molecular complexity index is 787. The minimum Gasteiger partial charge on any atom is -0.459 e. The fourth-order valence-electron chi connectivity index (χ4n) is 3.93. The van der Waals surface area contributed by atoms with Crippen LogP contribution in [-0.4, -0.2) is 58.9 Å². The summed E-state index contributed by atoms with van der Waals surface area (Å²) in [5, 5.41) is 3.19. The Labute approximate surface area is 163 Å². The third kappa shape index (κ3) is 4.16. The van der Waals surface area contributed by atoms with Gasteiger partial charge in [0.1, 0.15) is 0 Å². The van der Waals surface area contributed by atoms with Gasteiger partial charge in [0.2, 0.25) is 11.9 Å². The Hall–Kier alpha value is -2.90. The van der Waals surface area contributed by atoms with E-state index in [0.717, 1.165) is 32.2 Å². The van der Waals surface area contributed by atoms with Gasteiger partial charge in [-0.15, -0.1) is 0 Å². The van der Waals surface area contributed by atoms with Crippen LogP contribution in [-0.2, 0) is 4.79 Å². The lowest BCUT2D eigenvalue weighted by Gasteiger charge is -2.35. The van der Waals surface area contributed by atoms with Crippen LogP contribution in [0.25, 0.3) is 0 Å². The fraction of sp³-hybridized carbons (Fsp3) is 0.500. The molecule has 2 aliphatic rings. The summed E-state index contributed by atoms with van der Waals surface area (Å²) < 4.78 is 5.19. The molecular formula is C20H25N5O3. The van der Waals surface area contributed by atoms with Crippen LogP contribution in [0.4, 0.5) is 5.95 Å². The summed E-state index contributed by atoms with van der Waals surface area (Å²) in [5.74, 6) is 1.01. The van der Waals surface area contributed by atoms with Crippen molar-refractivity contribution in [3.8, 4) is 0 Å². The predicted octanol–water partition coefficient (Wildman–Crippen LogP) is 1.71. The molecular weight excluding hydrogens is 358 g/mol. The topological polar surface area (TPSA) is 91.6 Å². The second-order valence-electron chi connectivity index (χ2n) is 7.39. The zero-order chi connectivity index (χ0) is 19.3. The highest BCUT2D eigenvalue weighted by atomic mass is 16.3. The number of hydrogen-bond donors (Lipinski definition) is 1. The highest BCUT2D eigenvalue weighted by Crippen LogP contribution is 2.21. The maximum Gasteiger partial charge on any atom is 0.289 e. The third-order valence-electron chi connectivity index (χ3n) is 5.49. The van der Waals surface area contributed by atoms with E-state index < -0.39 is 0 Å². The van der Waals surface area contributed by atoms with Gasteiger partial charge in [-0.25, -0.2) is 9.97 Å². The Kier molecular flexibility index (Phi) is 5.55. The number of hydrogen-bond acceptors (Lipinski definition) is 6. The van der Waals surface area contributed by atoms with Gasteiger partial charge in [-0.05, 0) is 43.9 Å². The molecule has 1 N–H and O–H groups in total. The fourth-order valence-corrected chi connectivity index (χ4v) is 3.93. The Morgan fingerprint density at radius 3 is 2.57 bits per heavy atom. The van der Waals surface area contributed by atoms with Crippen molar-refractivity contribution in [1.82, 2.24) is 20.2 Å². The van der Waals surface area contributed by atoms with Gasteiger partial charge in [0.25, 0.3) is 5.91 Å². The van der Waals surface area contributed by atoms with Crippen molar-refractivity contribution < 1.29 is 14.0 Å². The molecule has 0 saturated carbocycles. The molecule has 0 aromatic carbocycles. The first kappa shape index (κ1) is 18.5. The van der Waals surface area contributed by atoms with Crippen molar-refractivity contribution in [3.63, 3.8) is 0 Å². The first-order valence-electron chi connectivity index (χ1n) is 9.86. The summed E-state index contributed by atoms with van der Waals surface area (Å²) in [6.45, 7) is 2.77. The van der Waals surface area contributed by atoms with Gasteiger partial charge >= 0.3 is 0 Å². The van der Waals surface area contributed by atoms with Crippen LogP contribution in [0.15, 0.2) is 41.3 Å². The molecule has 2 aromatic rings. The molecule has 2 fully saturated rings. The van der Waals surface area contributed by atoms with Crippen molar-refractivity contribution in [2.24, 2.45) is 5.92 Å². The summed E-state index contributed by atoms with van der Waals surface area (Å²) in [5.41, 5.74) is 0. The highest BCUT2D eigenvalue weighted by molar-refractivity contribution is 5.91. The van der Waals surface area contributed by atoms with Crippen LogP contribution in [0.2, 0.25) is 0 Å². The number of anilines is 1. The van der Waals surface area contributed by atoms with Gasteiger partial charge < -0.3 is 19.5 Å². The second kappa shape index (κ2) is 8.41. The largest absolute Gasteiger partial charge is 0.459 e. The molecule has 2 saturated heterocycles. The number of nitrogens with one attached hydrogen (secondary N) is 1. The van der Waals surface area contributed by atoms with Gasteiger partial charge in [-0.3, -0.25) is 9.59 Å². The number of carbonyl (C=O) groups excluding carboxylic acids is 2. The molecule has 8 nitrogen and oxygen atoms in total. The van der Waals surface area contributed by atoms with E-state index in [-0.39, 0.29) is 23.8 Å². The third-order valence-corrected chi connectivity index (χ3v) is 5.49. The number of piperidine rings is 2. The summed E-state index contributed by atoms with van der Waals surface area (Å²) in [4.78, 5) is 37.6. The Balaban J connectivity index is 1.27. The van der Waals surface area contributed by atoms with Crippen molar-refractivity contribution in [3.05, 3.63) is 42.6 Å². The van der Waals surface area contributed by atoms with Crippen LogP contribution in [0.1, 0.15) is 36.2 Å². The van der Waals surface area contributed by atoms with Gasteiger partial charge in [0.05, 0.1) is 12.2 Å². The average molecular weight is 383 g/mol. The first-order valence-corrected chi connectivity index (χ1v) is 9.86. The van der Waals surface area contributed by atoms with Gasteiger partial charge in [-0.1, -0.05) is 0 Å². The molecule has 0 bridgehead atoms. The average Bonchev–Trinajstić information content (AvgIpc) is 3.29. The summed E-state index contributed by atoms with van der Waals surface area (Å²) >= 11 is 0. The molecule has 0 spiro atoms. The molecule has 2 amide bonds. The lowest BCUT2D eigenvalue weighted by atomic mass is 9.96. The number of aromatic nitrogens is 2. The van der Waals surface area contributed by atoms with Crippen LogP contribution in [0.5, 0.6) is 0 Å². The maximum atomic E-state index is 12.8. The molecule has 2 aromatic heterocycles. The predicted molar refractivity (Wildman–Crippen MR) is 103 cm³/mol. The lowest BCUT2D eigenvalue weighted by Crippen LogP contribution is -2.50. The molecule has 148 valence electrons. The monoisotopic (exact) mass is 383 g/mol. The van der Waals surface area contributed by atoms with Crippen LogP contribution in [0.3, 0.4) is 0 Å². The SMILES string of the molecule is O=C(NC1CCN(C(=O)c2ccco2)CC1)C1CCCN(c2ncccn2)C1. The van der Waals surface area contributed by atoms with Crippen molar-refractivity contribution >= 4 is 17.8 Å². The van der Waals surface area contributed by atoms with Gasteiger partial charge in [-0.2, -0.15) is 0 Å². The minimum atomic E-state index is -0.0828. The molecule has 4 rings (SSSR count). The van der Waals surface area contributed by atoms with Crippen LogP contribution in [0, 0.1) is 5.92 Å². The van der Waals surface area contributed by atoms with Crippen molar-refractivity contribution in [1.29, 1.82) is 0 Å². The number of rotatable bonds is 4. The van der Waals surface area contributed by atoms with Gasteiger partial charge in [0.15, 0.2) is 5.76 Å². The summed E-state index contributed by atoms with van der Waals surface area (Å²) in [6, 6.07) is 5.30. The number of furan rings is 1. The zero-order valence-corrected chi connectivity index (χ0v) is 15.8. The standard InChI is InChI=1S/C20H25N5O3/c26-18(15-4-1-10-25(14-15)20-21-8-3-9-22-20)23-16-6-11-24(12-7-16)19(27)17-5-2-13-28-17/h2-3,5,8-9,13,15-16H,1,4,6-7,10-12,14H2,(H,23,26). The molecule has 1 atom stereocenters. The van der Waals surface area contributed by atoms with E-state index >= 15 is 0 Å². The second-order valence-corrected chi connectivity index (χ2v) is 7.39. The number of nitrogens with zero attached hydrogens (tertiary/aromatic N) is 4. The summed E-state index contributed by atoms with van der Waals surface area (Å²) in [6.07, 6.45) is 8.31. The smallest absolute Gasteiger partial charge is 0.289 e. The lowest BCUT2D eigenvalue weighted by molar-refractivity contribution is -0.126. The van der Waals surface area contributed by atoms with E-state index in [1.54, 1.807) is 35.5 Å². The Morgan fingerprint density at radius 1 is 1.07 bits per heavy atom.